The molecule has 1 atom stereocenters. The van der Waals surface area contributed by atoms with E-state index in [4.69, 9.17) is 9.84 Å². The molecule has 0 saturated heterocycles. The van der Waals surface area contributed by atoms with Gasteiger partial charge in [-0.15, -0.1) is 0 Å². The first kappa shape index (κ1) is 9.52. The average molecular weight is 257 g/mol. The standard InChI is InChI=1S/C10H9BrO3/c11-6-1-2-9-8(5-6)7(10(12)13)3-4-14-9/h1-2,5,7H,3-4H2,(H,12,13)/t7-/m0/s1. The van der Waals surface area contributed by atoms with Gasteiger partial charge in [0.05, 0.1) is 12.5 Å². The molecule has 1 aromatic carbocycles. The minimum atomic E-state index is -0.785. The molecule has 2 rings (SSSR count). The Hall–Kier alpha value is -1.03. The predicted octanol–water partition coefficient (Wildman–Crippen LogP) is 2.40. The van der Waals surface area contributed by atoms with E-state index in [1.807, 2.05) is 12.1 Å². The lowest BCUT2D eigenvalue weighted by Crippen LogP contribution is -2.20. The fourth-order valence-electron chi connectivity index (χ4n) is 1.62. The zero-order valence-electron chi connectivity index (χ0n) is 7.37. The first-order valence-corrected chi connectivity index (χ1v) is 5.13. The van der Waals surface area contributed by atoms with E-state index in [-0.39, 0.29) is 0 Å². The Morgan fingerprint density at radius 3 is 3.07 bits per heavy atom. The third kappa shape index (κ3) is 1.62. The summed E-state index contributed by atoms with van der Waals surface area (Å²) < 4.78 is 6.26. The number of halogens is 1. The molecule has 0 bridgehead atoms. The van der Waals surface area contributed by atoms with E-state index in [0.29, 0.717) is 18.8 Å². The Morgan fingerprint density at radius 2 is 2.36 bits per heavy atom. The first-order chi connectivity index (χ1) is 6.68. The van der Waals surface area contributed by atoms with Crippen molar-refractivity contribution >= 4 is 21.9 Å². The maximum atomic E-state index is 11.0. The van der Waals surface area contributed by atoms with E-state index in [9.17, 15) is 4.79 Å². The molecule has 4 heteroatoms. The summed E-state index contributed by atoms with van der Waals surface area (Å²) in [7, 11) is 0. The third-order valence-corrected chi connectivity index (χ3v) is 2.80. The van der Waals surface area contributed by atoms with Crippen molar-refractivity contribution in [3.05, 3.63) is 28.2 Å². The molecule has 0 amide bonds. The smallest absolute Gasteiger partial charge is 0.311 e. The van der Waals surface area contributed by atoms with Crippen LogP contribution < -0.4 is 4.74 Å². The predicted molar refractivity (Wildman–Crippen MR) is 54.6 cm³/mol. The maximum Gasteiger partial charge on any atom is 0.311 e. The molecule has 1 aromatic rings. The Labute approximate surface area is 89.8 Å². The number of rotatable bonds is 1. The second-order valence-corrected chi connectivity index (χ2v) is 4.13. The Morgan fingerprint density at radius 1 is 1.57 bits per heavy atom. The number of carboxylic acids is 1. The summed E-state index contributed by atoms with van der Waals surface area (Å²) in [5.41, 5.74) is 0.762. The van der Waals surface area contributed by atoms with E-state index >= 15 is 0 Å². The Balaban J connectivity index is 2.46. The highest BCUT2D eigenvalue weighted by atomic mass is 79.9. The SMILES string of the molecule is O=C(O)[C@H]1CCOc2ccc(Br)cc21. The number of aliphatic carboxylic acids is 1. The number of benzene rings is 1. The Bertz CT molecular complexity index is 376. The summed E-state index contributed by atoms with van der Waals surface area (Å²) in [4.78, 5) is 11.0. The van der Waals surface area contributed by atoms with Gasteiger partial charge in [0.2, 0.25) is 0 Å². The van der Waals surface area contributed by atoms with Crippen LogP contribution in [0.4, 0.5) is 0 Å². The summed E-state index contributed by atoms with van der Waals surface area (Å²) in [5, 5.41) is 9.01. The molecule has 1 N–H and O–H groups in total. The number of fused-ring (bicyclic) bond motifs is 1. The van der Waals surface area contributed by atoms with Crippen molar-refractivity contribution in [2.75, 3.05) is 6.61 Å². The van der Waals surface area contributed by atoms with Crippen LogP contribution in [0, 0.1) is 0 Å². The monoisotopic (exact) mass is 256 g/mol. The highest BCUT2D eigenvalue weighted by Crippen LogP contribution is 2.35. The van der Waals surface area contributed by atoms with Gasteiger partial charge in [0.1, 0.15) is 5.75 Å². The third-order valence-electron chi connectivity index (χ3n) is 2.31. The molecule has 0 aliphatic carbocycles. The zero-order chi connectivity index (χ0) is 10.1. The van der Waals surface area contributed by atoms with Crippen LogP contribution in [0.1, 0.15) is 17.9 Å². The fourth-order valence-corrected chi connectivity index (χ4v) is 2.00. The van der Waals surface area contributed by atoms with Crippen molar-refractivity contribution in [2.45, 2.75) is 12.3 Å². The average Bonchev–Trinajstić information content (AvgIpc) is 2.16. The summed E-state index contributed by atoms with van der Waals surface area (Å²) in [6.07, 6.45) is 0.540. The van der Waals surface area contributed by atoms with Crippen molar-refractivity contribution in [2.24, 2.45) is 0 Å². The first-order valence-electron chi connectivity index (χ1n) is 4.33. The van der Waals surface area contributed by atoms with Crippen LogP contribution in [0.5, 0.6) is 5.75 Å². The number of carbonyl (C=O) groups is 1. The molecule has 3 nitrogen and oxygen atoms in total. The lowest BCUT2D eigenvalue weighted by Gasteiger charge is -2.22. The van der Waals surface area contributed by atoms with Gasteiger partial charge in [0.25, 0.3) is 0 Å². The zero-order valence-corrected chi connectivity index (χ0v) is 8.95. The van der Waals surface area contributed by atoms with Gasteiger partial charge in [-0.05, 0) is 24.6 Å². The van der Waals surface area contributed by atoms with Gasteiger partial charge in [-0.1, -0.05) is 15.9 Å². The van der Waals surface area contributed by atoms with Gasteiger partial charge in [0, 0.05) is 10.0 Å². The molecule has 74 valence electrons. The van der Waals surface area contributed by atoms with Gasteiger partial charge in [-0.2, -0.15) is 0 Å². The molecule has 0 aromatic heterocycles. The maximum absolute atomic E-state index is 11.0. The summed E-state index contributed by atoms with van der Waals surface area (Å²) in [6.45, 7) is 0.478. The summed E-state index contributed by atoms with van der Waals surface area (Å²) in [5.74, 6) is -0.532. The number of hydrogen-bond donors (Lipinski definition) is 1. The van der Waals surface area contributed by atoms with Crippen LogP contribution in [-0.4, -0.2) is 17.7 Å². The molecule has 1 aliphatic heterocycles. The van der Waals surface area contributed by atoms with E-state index in [1.165, 1.54) is 0 Å². The molecule has 0 fully saturated rings. The summed E-state index contributed by atoms with van der Waals surface area (Å²) >= 11 is 3.32. The van der Waals surface area contributed by atoms with Crippen LogP contribution in [0.3, 0.4) is 0 Å². The number of carboxylic acid groups (broad SMARTS) is 1. The van der Waals surface area contributed by atoms with Gasteiger partial charge in [-0.3, -0.25) is 4.79 Å². The van der Waals surface area contributed by atoms with Gasteiger partial charge in [0.15, 0.2) is 0 Å². The molecular formula is C10H9BrO3. The lowest BCUT2D eigenvalue weighted by atomic mass is 9.93. The Kier molecular flexibility index (Phi) is 2.46. The van der Waals surface area contributed by atoms with E-state index in [1.54, 1.807) is 6.07 Å². The van der Waals surface area contributed by atoms with Gasteiger partial charge < -0.3 is 9.84 Å². The van der Waals surface area contributed by atoms with Crippen LogP contribution in [-0.2, 0) is 4.79 Å². The lowest BCUT2D eigenvalue weighted by molar-refractivity contribution is -0.139. The molecule has 0 spiro atoms. The summed E-state index contributed by atoms with van der Waals surface area (Å²) in [6, 6.07) is 5.46. The van der Waals surface area contributed by atoms with Crippen molar-refractivity contribution in [3.8, 4) is 5.75 Å². The largest absolute Gasteiger partial charge is 0.493 e. The van der Waals surface area contributed by atoms with Crippen LogP contribution in [0.15, 0.2) is 22.7 Å². The number of ether oxygens (including phenoxy) is 1. The van der Waals surface area contributed by atoms with Crippen LogP contribution >= 0.6 is 15.9 Å². The highest BCUT2D eigenvalue weighted by molar-refractivity contribution is 9.10. The molecular weight excluding hydrogens is 248 g/mol. The fraction of sp³-hybridized carbons (Fsp3) is 0.300. The van der Waals surface area contributed by atoms with Crippen molar-refractivity contribution < 1.29 is 14.6 Å². The molecule has 14 heavy (non-hydrogen) atoms. The van der Waals surface area contributed by atoms with Crippen molar-refractivity contribution in [3.63, 3.8) is 0 Å². The molecule has 0 radical (unpaired) electrons. The normalized spacial score (nSPS) is 19.6. The van der Waals surface area contributed by atoms with E-state index < -0.39 is 11.9 Å². The van der Waals surface area contributed by atoms with Gasteiger partial charge in [-0.25, -0.2) is 0 Å². The minimum Gasteiger partial charge on any atom is -0.493 e. The molecule has 1 aliphatic rings. The minimum absolute atomic E-state index is 0.434. The van der Waals surface area contributed by atoms with Crippen molar-refractivity contribution in [1.82, 2.24) is 0 Å². The topological polar surface area (TPSA) is 46.5 Å². The second-order valence-electron chi connectivity index (χ2n) is 3.21. The number of hydrogen-bond acceptors (Lipinski definition) is 2. The molecule has 0 saturated carbocycles. The van der Waals surface area contributed by atoms with Crippen LogP contribution in [0.2, 0.25) is 0 Å². The van der Waals surface area contributed by atoms with E-state index in [2.05, 4.69) is 15.9 Å². The van der Waals surface area contributed by atoms with Crippen LogP contribution in [0.25, 0.3) is 0 Å². The molecule has 0 unspecified atom stereocenters. The molecule has 1 heterocycles. The van der Waals surface area contributed by atoms with E-state index in [0.717, 1.165) is 10.0 Å². The second kappa shape index (κ2) is 3.61. The van der Waals surface area contributed by atoms with Gasteiger partial charge >= 0.3 is 5.97 Å². The highest BCUT2D eigenvalue weighted by Gasteiger charge is 2.27. The quantitative estimate of drug-likeness (QED) is 0.840. The van der Waals surface area contributed by atoms with Crippen molar-refractivity contribution in [1.29, 1.82) is 0 Å².